The maximum atomic E-state index is 12.7. The Hall–Kier alpha value is -2.66. The van der Waals surface area contributed by atoms with Gasteiger partial charge in [0.15, 0.2) is 0 Å². The summed E-state index contributed by atoms with van der Waals surface area (Å²) in [5, 5.41) is 14.3. The van der Waals surface area contributed by atoms with Gasteiger partial charge in [-0.15, -0.1) is 0 Å². The maximum Gasteiger partial charge on any atom is 0.416 e. The highest BCUT2D eigenvalue weighted by Gasteiger charge is 2.41. The molecule has 11 heteroatoms. The molecule has 1 atom stereocenters. The number of halogens is 3. The van der Waals surface area contributed by atoms with E-state index >= 15 is 0 Å². The number of alkyl halides is 3. The number of hydrogen-bond acceptors (Lipinski definition) is 6. The molecule has 31 heavy (non-hydrogen) atoms. The number of nitrogens with zero attached hydrogens (tertiary/aromatic N) is 4. The molecule has 1 unspecified atom stereocenters. The first-order chi connectivity index (χ1) is 14.6. The van der Waals surface area contributed by atoms with E-state index in [0.29, 0.717) is 25.7 Å². The predicted octanol–water partition coefficient (Wildman–Crippen LogP) is 3.22. The van der Waals surface area contributed by atoms with E-state index in [1.165, 1.54) is 18.3 Å². The van der Waals surface area contributed by atoms with E-state index in [1.807, 2.05) is 6.92 Å². The Balaban J connectivity index is 1.22. The highest BCUT2D eigenvalue weighted by atomic mass is 19.4. The van der Waals surface area contributed by atoms with Gasteiger partial charge in [0.1, 0.15) is 11.8 Å². The van der Waals surface area contributed by atoms with Crippen LogP contribution in [-0.4, -0.2) is 50.7 Å². The lowest BCUT2D eigenvalue weighted by atomic mass is 10.0. The van der Waals surface area contributed by atoms with E-state index < -0.39 is 22.3 Å². The third-order valence-corrected chi connectivity index (χ3v) is 5.78. The zero-order valence-corrected chi connectivity index (χ0v) is 17.1. The van der Waals surface area contributed by atoms with Crippen molar-refractivity contribution in [3.8, 4) is 6.01 Å². The van der Waals surface area contributed by atoms with E-state index in [4.69, 9.17) is 4.74 Å². The standard InChI is InChI=1S/C20H24F3N5O3/c1-19(13-27-11-17(28(29)30)25-18(27)31-19)12-26-8-6-16(7-9-26)24-10-14-2-4-15(5-3-14)20(21,22)23/h2-5,11,16,24H,6-10,12-13H2,1H3. The molecule has 1 aromatic heterocycles. The van der Waals surface area contributed by atoms with E-state index in [9.17, 15) is 23.3 Å². The van der Waals surface area contributed by atoms with Crippen LogP contribution < -0.4 is 10.1 Å². The topological polar surface area (TPSA) is 85.5 Å². The average Bonchev–Trinajstić information content (AvgIpc) is 3.22. The smallest absolute Gasteiger partial charge is 0.416 e. The molecule has 2 aliphatic rings. The van der Waals surface area contributed by atoms with Crippen molar-refractivity contribution in [2.75, 3.05) is 19.6 Å². The fourth-order valence-corrected chi connectivity index (χ4v) is 4.21. The molecule has 2 aliphatic heterocycles. The van der Waals surface area contributed by atoms with Crippen molar-refractivity contribution in [3.05, 3.63) is 51.7 Å². The lowest BCUT2D eigenvalue weighted by molar-refractivity contribution is -0.389. The van der Waals surface area contributed by atoms with Crippen LogP contribution in [0.1, 0.15) is 30.9 Å². The first-order valence-electron chi connectivity index (χ1n) is 10.1. The molecule has 1 N–H and O–H groups in total. The molecule has 0 bridgehead atoms. The number of nitrogens with one attached hydrogen (secondary N) is 1. The molecule has 8 nitrogen and oxygen atoms in total. The summed E-state index contributed by atoms with van der Waals surface area (Å²) in [5.74, 6) is -0.211. The van der Waals surface area contributed by atoms with Gasteiger partial charge in [0.25, 0.3) is 0 Å². The molecule has 0 saturated carbocycles. The zero-order chi connectivity index (χ0) is 22.2. The molecule has 4 rings (SSSR count). The van der Waals surface area contributed by atoms with Crippen LogP contribution in [0.25, 0.3) is 0 Å². The van der Waals surface area contributed by atoms with Crippen molar-refractivity contribution in [1.82, 2.24) is 19.8 Å². The summed E-state index contributed by atoms with van der Waals surface area (Å²) in [6.45, 7) is 5.44. The van der Waals surface area contributed by atoms with Gasteiger partial charge in [-0.25, -0.2) is 0 Å². The Morgan fingerprint density at radius 3 is 2.55 bits per heavy atom. The first-order valence-corrected chi connectivity index (χ1v) is 10.1. The van der Waals surface area contributed by atoms with Crippen LogP contribution in [0.2, 0.25) is 0 Å². The minimum Gasteiger partial charge on any atom is -0.436 e. The molecule has 1 fully saturated rings. The third kappa shape index (κ3) is 4.99. The molecule has 0 radical (unpaired) electrons. The second kappa shape index (κ2) is 8.12. The molecular weight excluding hydrogens is 415 g/mol. The predicted molar refractivity (Wildman–Crippen MR) is 106 cm³/mol. The summed E-state index contributed by atoms with van der Waals surface area (Å²) < 4.78 is 45.5. The van der Waals surface area contributed by atoms with Gasteiger partial charge >= 0.3 is 18.0 Å². The van der Waals surface area contributed by atoms with Crippen molar-refractivity contribution >= 4 is 5.82 Å². The molecule has 168 valence electrons. The van der Waals surface area contributed by atoms with Gasteiger partial charge in [0.2, 0.25) is 0 Å². The van der Waals surface area contributed by atoms with Gasteiger partial charge in [-0.05, 0) is 55.5 Å². The van der Waals surface area contributed by atoms with Gasteiger partial charge in [0, 0.05) is 24.1 Å². The lowest BCUT2D eigenvalue weighted by Gasteiger charge is -2.36. The molecule has 0 spiro atoms. The summed E-state index contributed by atoms with van der Waals surface area (Å²) in [7, 11) is 0. The molecule has 1 saturated heterocycles. The Bertz CT molecular complexity index is 913. The Labute approximate surface area is 177 Å². The van der Waals surface area contributed by atoms with E-state index in [1.54, 1.807) is 4.57 Å². The minimum absolute atomic E-state index is 0.211. The van der Waals surface area contributed by atoms with Crippen molar-refractivity contribution in [1.29, 1.82) is 0 Å². The highest BCUT2D eigenvalue weighted by molar-refractivity contribution is 5.25. The van der Waals surface area contributed by atoms with Crippen molar-refractivity contribution in [3.63, 3.8) is 0 Å². The summed E-state index contributed by atoms with van der Waals surface area (Å²) in [5.41, 5.74) is -0.299. The van der Waals surface area contributed by atoms with Crippen LogP contribution in [0.15, 0.2) is 30.5 Å². The van der Waals surface area contributed by atoms with Crippen LogP contribution in [0.4, 0.5) is 19.0 Å². The number of aromatic nitrogens is 2. The number of hydrogen-bond donors (Lipinski definition) is 1. The number of imidazole rings is 1. The van der Waals surface area contributed by atoms with Crippen LogP contribution >= 0.6 is 0 Å². The van der Waals surface area contributed by atoms with Crippen LogP contribution in [-0.2, 0) is 19.3 Å². The second-order valence-corrected chi connectivity index (χ2v) is 8.44. The van der Waals surface area contributed by atoms with E-state index in [-0.39, 0.29) is 11.8 Å². The first kappa shape index (κ1) is 21.6. The number of ether oxygens (including phenoxy) is 1. The maximum absolute atomic E-state index is 12.7. The van der Waals surface area contributed by atoms with Crippen molar-refractivity contribution in [2.45, 2.75) is 50.7 Å². The minimum atomic E-state index is -4.31. The molecule has 3 heterocycles. The fourth-order valence-electron chi connectivity index (χ4n) is 4.21. The Morgan fingerprint density at radius 1 is 1.29 bits per heavy atom. The Morgan fingerprint density at radius 2 is 1.97 bits per heavy atom. The highest BCUT2D eigenvalue weighted by Crippen LogP contribution is 2.32. The molecule has 0 amide bonds. The number of benzene rings is 1. The number of nitro groups is 1. The van der Waals surface area contributed by atoms with Gasteiger partial charge in [-0.3, -0.25) is 9.47 Å². The number of rotatable bonds is 6. The van der Waals surface area contributed by atoms with Crippen LogP contribution in [0, 0.1) is 10.1 Å². The van der Waals surface area contributed by atoms with Gasteiger partial charge < -0.3 is 20.2 Å². The molecular formula is C20H24F3N5O3. The molecule has 2 aromatic rings. The third-order valence-electron chi connectivity index (χ3n) is 5.78. The average molecular weight is 439 g/mol. The molecule has 0 aliphatic carbocycles. The van der Waals surface area contributed by atoms with Gasteiger partial charge in [0.05, 0.1) is 12.1 Å². The van der Waals surface area contributed by atoms with E-state index in [2.05, 4.69) is 15.2 Å². The summed E-state index contributed by atoms with van der Waals surface area (Å²) >= 11 is 0. The SMILES string of the molecule is CC1(CN2CCC(NCc3ccc(C(F)(F)F)cc3)CC2)Cn2cc([N+](=O)[O-])nc2O1. The quantitative estimate of drug-likeness (QED) is 0.550. The van der Waals surface area contributed by atoms with Crippen LogP contribution in [0.3, 0.4) is 0 Å². The van der Waals surface area contributed by atoms with Crippen molar-refractivity contribution in [2.24, 2.45) is 0 Å². The van der Waals surface area contributed by atoms with Gasteiger partial charge in [-0.1, -0.05) is 12.1 Å². The fraction of sp³-hybridized carbons (Fsp3) is 0.550. The monoisotopic (exact) mass is 439 g/mol. The second-order valence-electron chi connectivity index (χ2n) is 8.44. The summed E-state index contributed by atoms with van der Waals surface area (Å²) in [6, 6.07) is 5.83. The summed E-state index contributed by atoms with van der Waals surface area (Å²) in [4.78, 5) is 16.5. The summed E-state index contributed by atoms with van der Waals surface area (Å²) in [6.07, 6.45) is -1.07. The largest absolute Gasteiger partial charge is 0.436 e. The normalized spacial score (nSPS) is 22.3. The lowest BCUT2D eigenvalue weighted by Crippen LogP contribution is -2.50. The Kier molecular flexibility index (Phi) is 5.65. The zero-order valence-electron chi connectivity index (χ0n) is 17.1. The van der Waals surface area contributed by atoms with Gasteiger partial charge in [-0.2, -0.15) is 13.2 Å². The van der Waals surface area contributed by atoms with Crippen LogP contribution in [0.5, 0.6) is 6.01 Å². The van der Waals surface area contributed by atoms with E-state index in [0.717, 1.165) is 43.6 Å². The molecule has 1 aromatic carbocycles. The number of piperidine rings is 1. The number of fused-ring (bicyclic) bond motifs is 1. The number of likely N-dealkylation sites (tertiary alicyclic amines) is 1. The van der Waals surface area contributed by atoms with Crippen molar-refractivity contribution < 1.29 is 22.8 Å².